The maximum Gasteiger partial charge on any atom is 0.326 e. The van der Waals surface area contributed by atoms with E-state index in [-0.39, 0.29) is 5.69 Å². The number of carbonyl (C=O) groups is 2. The molecule has 5 nitrogen and oxygen atoms in total. The average Bonchev–Trinajstić information content (AvgIpc) is 2.38. The zero-order valence-electron chi connectivity index (χ0n) is 10.7. The van der Waals surface area contributed by atoms with Gasteiger partial charge < -0.3 is 15.7 Å². The summed E-state index contributed by atoms with van der Waals surface area (Å²) in [7, 11) is 0. The molecule has 110 valence electrons. The molecule has 0 radical (unpaired) electrons. The Labute approximate surface area is 128 Å². The van der Waals surface area contributed by atoms with Gasteiger partial charge in [-0.25, -0.2) is 14.0 Å². The summed E-state index contributed by atoms with van der Waals surface area (Å²) in [6.07, 6.45) is 2.14. The van der Waals surface area contributed by atoms with Crippen molar-refractivity contribution in [1.82, 2.24) is 5.32 Å². The number of carbonyl (C=O) groups excluding carboxylic acids is 1. The molecule has 1 atom stereocenters. The largest absolute Gasteiger partial charge is 0.480 e. The Kier molecular flexibility index (Phi) is 6.80. The minimum atomic E-state index is -1.12. The Balaban J connectivity index is 2.68. The molecule has 0 saturated carbocycles. The predicted octanol–water partition coefficient (Wildman–Crippen LogP) is 2.92. The molecule has 0 fully saturated rings. The summed E-state index contributed by atoms with van der Waals surface area (Å²) in [6, 6.07) is 2.49. The molecule has 0 spiro atoms. The normalized spacial score (nSPS) is 11.8. The lowest BCUT2D eigenvalue weighted by Gasteiger charge is -2.15. The van der Waals surface area contributed by atoms with Gasteiger partial charge >= 0.3 is 12.0 Å². The van der Waals surface area contributed by atoms with E-state index in [0.717, 1.165) is 0 Å². The molecule has 0 saturated heterocycles. The van der Waals surface area contributed by atoms with Crippen molar-refractivity contribution >= 4 is 45.4 Å². The highest BCUT2D eigenvalue weighted by Gasteiger charge is 2.20. The fourth-order valence-corrected chi connectivity index (χ4v) is 2.33. The van der Waals surface area contributed by atoms with Crippen LogP contribution < -0.4 is 10.6 Å². The van der Waals surface area contributed by atoms with Gasteiger partial charge in [-0.15, -0.1) is 0 Å². The minimum absolute atomic E-state index is 0.0287. The number of carboxylic acids is 1. The van der Waals surface area contributed by atoms with Gasteiger partial charge in [-0.1, -0.05) is 6.07 Å². The Morgan fingerprint density at radius 1 is 1.50 bits per heavy atom. The van der Waals surface area contributed by atoms with Crippen molar-refractivity contribution in [2.75, 3.05) is 17.3 Å². The third-order valence-corrected chi connectivity index (χ3v) is 3.72. The van der Waals surface area contributed by atoms with Gasteiger partial charge in [0.1, 0.15) is 11.9 Å². The molecule has 1 aromatic rings. The van der Waals surface area contributed by atoms with E-state index in [2.05, 4.69) is 26.6 Å². The SMILES string of the molecule is CSCCC(NC(=O)Nc1c(F)cccc1Br)C(=O)O. The summed E-state index contributed by atoms with van der Waals surface area (Å²) in [5, 5.41) is 13.6. The first-order valence-corrected chi connectivity index (χ1v) is 7.87. The molecule has 3 N–H and O–H groups in total. The second-order valence-electron chi connectivity index (χ2n) is 3.87. The summed E-state index contributed by atoms with van der Waals surface area (Å²) in [6.45, 7) is 0. The molecule has 0 aliphatic rings. The van der Waals surface area contributed by atoms with Gasteiger partial charge in [-0.2, -0.15) is 11.8 Å². The van der Waals surface area contributed by atoms with Crippen molar-refractivity contribution in [3.8, 4) is 0 Å². The van der Waals surface area contributed by atoms with E-state index >= 15 is 0 Å². The van der Waals surface area contributed by atoms with Crippen LogP contribution in [0.25, 0.3) is 0 Å². The number of hydrogen-bond acceptors (Lipinski definition) is 3. The van der Waals surface area contributed by atoms with Crippen LogP contribution in [0.3, 0.4) is 0 Å². The van der Waals surface area contributed by atoms with Crippen molar-refractivity contribution in [3.63, 3.8) is 0 Å². The summed E-state index contributed by atoms with van der Waals surface area (Å²) >= 11 is 4.59. The number of para-hydroxylation sites is 1. The van der Waals surface area contributed by atoms with Crippen LogP contribution in [-0.4, -0.2) is 35.2 Å². The smallest absolute Gasteiger partial charge is 0.326 e. The summed E-state index contributed by atoms with van der Waals surface area (Å²) in [5.41, 5.74) is -0.0287. The van der Waals surface area contributed by atoms with E-state index in [4.69, 9.17) is 5.11 Å². The van der Waals surface area contributed by atoms with Gasteiger partial charge in [0.15, 0.2) is 0 Å². The van der Waals surface area contributed by atoms with Gasteiger partial charge in [-0.05, 0) is 46.5 Å². The van der Waals surface area contributed by atoms with E-state index in [9.17, 15) is 14.0 Å². The Morgan fingerprint density at radius 2 is 2.20 bits per heavy atom. The van der Waals surface area contributed by atoms with Gasteiger partial charge in [0, 0.05) is 4.47 Å². The molecule has 0 aliphatic carbocycles. The maximum atomic E-state index is 13.5. The summed E-state index contributed by atoms with van der Waals surface area (Å²) in [5.74, 6) is -1.13. The molecular formula is C12H14BrFN2O3S. The molecule has 0 bridgehead atoms. The second-order valence-corrected chi connectivity index (χ2v) is 5.71. The molecule has 20 heavy (non-hydrogen) atoms. The van der Waals surface area contributed by atoms with Gasteiger partial charge in [0.2, 0.25) is 0 Å². The van der Waals surface area contributed by atoms with Crippen molar-refractivity contribution in [2.45, 2.75) is 12.5 Å². The maximum absolute atomic E-state index is 13.5. The predicted molar refractivity (Wildman–Crippen MR) is 80.7 cm³/mol. The molecule has 0 aliphatic heterocycles. The number of halogens is 2. The molecule has 1 rings (SSSR count). The van der Waals surface area contributed by atoms with Crippen LogP contribution >= 0.6 is 27.7 Å². The number of urea groups is 1. The van der Waals surface area contributed by atoms with Gasteiger partial charge in [0.05, 0.1) is 5.69 Å². The summed E-state index contributed by atoms with van der Waals surface area (Å²) < 4.78 is 13.9. The molecule has 1 unspecified atom stereocenters. The molecule has 8 heteroatoms. The number of anilines is 1. The third-order valence-electron chi connectivity index (χ3n) is 2.42. The number of benzene rings is 1. The average molecular weight is 365 g/mol. The monoisotopic (exact) mass is 364 g/mol. The zero-order valence-corrected chi connectivity index (χ0v) is 13.1. The van der Waals surface area contributed by atoms with E-state index in [1.165, 1.54) is 23.9 Å². The van der Waals surface area contributed by atoms with Gasteiger partial charge in [-0.3, -0.25) is 0 Å². The van der Waals surface area contributed by atoms with Crippen LogP contribution in [-0.2, 0) is 4.79 Å². The number of aliphatic carboxylic acids is 1. The Morgan fingerprint density at radius 3 is 2.75 bits per heavy atom. The molecule has 1 aromatic carbocycles. The highest BCUT2D eigenvalue weighted by Crippen LogP contribution is 2.24. The minimum Gasteiger partial charge on any atom is -0.480 e. The lowest BCUT2D eigenvalue weighted by Crippen LogP contribution is -2.43. The first kappa shape index (κ1) is 16.8. The van der Waals surface area contributed by atoms with Crippen molar-refractivity contribution in [1.29, 1.82) is 0 Å². The Hall–Kier alpha value is -1.28. The molecule has 0 aromatic heterocycles. The van der Waals surface area contributed by atoms with E-state index < -0.39 is 23.9 Å². The number of amides is 2. The lowest BCUT2D eigenvalue weighted by molar-refractivity contribution is -0.139. The first-order valence-electron chi connectivity index (χ1n) is 5.69. The summed E-state index contributed by atoms with van der Waals surface area (Å²) in [4.78, 5) is 22.7. The topological polar surface area (TPSA) is 78.4 Å². The van der Waals surface area contributed by atoms with Crippen LogP contribution in [0.1, 0.15) is 6.42 Å². The van der Waals surface area contributed by atoms with Crippen LogP contribution in [0.2, 0.25) is 0 Å². The highest BCUT2D eigenvalue weighted by molar-refractivity contribution is 9.10. The number of nitrogens with one attached hydrogen (secondary N) is 2. The van der Waals surface area contributed by atoms with Crippen LogP contribution in [0, 0.1) is 5.82 Å². The van der Waals surface area contributed by atoms with Gasteiger partial charge in [0.25, 0.3) is 0 Å². The fourth-order valence-electron chi connectivity index (χ4n) is 1.42. The van der Waals surface area contributed by atoms with Crippen molar-refractivity contribution in [3.05, 3.63) is 28.5 Å². The number of carboxylic acid groups (broad SMARTS) is 1. The molecular weight excluding hydrogens is 351 g/mol. The van der Waals surface area contributed by atoms with E-state index in [1.54, 1.807) is 6.07 Å². The van der Waals surface area contributed by atoms with Crippen LogP contribution in [0.5, 0.6) is 0 Å². The van der Waals surface area contributed by atoms with E-state index in [1.807, 2.05) is 6.26 Å². The van der Waals surface area contributed by atoms with Crippen molar-refractivity contribution in [2.24, 2.45) is 0 Å². The fraction of sp³-hybridized carbons (Fsp3) is 0.333. The standard InChI is InChI=1S/C12H14BrFN2O3S/c1-20-6-5-9(11(17)18)15-12(19)16-10-7(13)3-2-4-8(10)14/h2-4,9H,5-6H2,1H3,(H,17,18)(H2,15,16,19). The van der Waals surface area contributed by atoms with Crippen LogP contribution in [0.15, 0.2) is 22.7 Å². The quantitative estimate of drug-likeness (QED) is 0.724. The molecule has 2 amide bonds. The van der Waals surface area contributed by atoms with Crippen molar-refractivity contribution < 1.29 is 19.1 Å². The Bertz CT molecular complexity index is 481. The number of hydrogen-bond donors (Lipinski definition) is 3. The first-order chi connectivity index (χ1) is 9.45. The van der Waals surface area contributed by atoms with Crippen LogP contribution in [0.4, 0.5) is 14.9 Å². The lowest BCUT2D eigenvalue weighted by atomic mass is 10.2. The van der Waals surface area contributed by atoms with E-state index in [0.29, 0.717) is 16.6 Å². The number of thioether (sulfide) groups is 1. The highest BCUT2D eigenvalue weighted by atomic mass is 79.9. The zero-order chi connectivity index (χ0) is 15.1. The number of rotatable bonds is 6. The third kappa shape index (κ3) is 5.01. The molecule has 0 heterocycles. The second kappa shape index (κ2) is 8.11.